The van der Waals surface area contributed by atoms with E-state index in [1.165, 1.54) is 20.9 Å². The van der Waals surface area contributed by atoms with Gasteiger partial charge in [-0.1, -0.05) is 0 Å². The Labute approximate surface area is 111 Å². The van der Waals surface area contributed by atoms with Gasteiger partial charge in [0.15, 0.2) is 0 Å². The van der Waals surface area contributed by atoms with Gasteiger partial charge in [-0.05, 0) is 27.7 Å². The number of urea groups is 1. The molecule has 0 aromatic heterocycles. The molecule has 19 heavy (non-hydrogen) atoms. The van der Waals surface area contributed by atoms with E-state index in [-0.39, 0.29) is 12.5 Å². The van der Waals surface area contributed by atoms with Crippen molar-refractivity contribution in [2.45, 2.75) is 27.7 Å². The predicted octanol–water partition coefficient (Wildman–Crippen LogP) is -0.137. The second-order valence-electron chi connectivity index (χ2n) is 5.74. The molecule has 0 aromatic carbocycles. The fourth-order valence-electron chi connectivity index (χ4n) is 1.80. The highest BCUT2D eigenvalue weighted by atomic mass is 16.2. The molecule has 0 unspecified atom stereocenters. The van der Waals surface area contributed by atoms with Gasteiger partial charge in [0.05, 0.1) is 5.41 Å². The van der Waals surface area contributed by atoms with E-state index in [1.54, 1.807) is 13.8 Å². The quantitative estimate of drug-likeness (QED) is 0.697. The smallest absolute Gasteiger partial charge is 0.330 e. The highest BCUT2D eigenvalue weighted by molar-refractivity contribution is 6.18. The van der Waals surface area contributed by atoms with E-state index in [0.29, 0.717) is 0 Å². The molecule has 5 amide bonds. The Morgan fingerprint density at radius 2 is 1.84 bits per heavy atom. The molecule has 0 spiro atoms. The highest BCUT2D eigenvalue weighted by Gasteiger charge is 2.48. The summed E-state index contributed by atoms with van der Waals surface area (Å²) in [5.74, 6) is -1.52. The molecular formula is C12H19N3O4. The Bertz CT molecular complexity index is 454. The van der Waals surface area contributed by atoms with Gasteiger partial charge in [-0.15, -0.1) is 0 Å². The first kappa shape index (κ1) is 15.1. The number of carbonyl (C=O) groups is 4. The van der Waals surface area contributed by atoms with Crippen LogP contribution in [-0.2, 0) is 14.4 Å². The summed E-state index contributed by atoms with van der Waals surface area (Å²) in [6.45, 7) is 6.04. The molecule has 7 heteroatoms. The van der Waals surface area contributed by atoms with Gasteiger partial charge in [-0.3, -0.25) is 24.6 Å². The summed E-state index contributed by atoms with van der Waals surface area (Å²) in [7, 11) is 1.48. The van der Waals surface area contributed by atoms with Gasteiger partial charge >= 0.3 is 6.03 Å². The Kier molecular flexibility index (Phi) is 3.70. The van der Waals surface area contributed by atoms with Crippen LogP contribution in [0.3, 0.4) is 0 Å². The molecule has 0 atom stereocenters. The van der Waals surface area contributed by atoms with Crippen LogP contribution in [0.2, 0.25) is 0 Å². The zero-order valence-corrected chi connectivity index (χ0v) is 11.8. The van der Waals surface area contributed by atoms with Crippen LogP contribution in [0.25, 0.3) is 0 Å². The molecule has 7 nitrogen and oxygen atoms in total. The van der Waals surface area contributed by atoms with Gasteiger partial charge in [0.2, 0.25) is 17.7 Å². The van der Waals surface area contributed by atoms with Crippen molar-refractivity contribution in [1.29, 1.82) is 0 Å². The van der Waals surface area contributed by atoms with Crippen LogP contribution >= 0.6 is 0 Å². The average molecular weight is 269 g/mol. The van der Waals surface area contributed by atoms with Crippen molar-refractivity contribution >= 4 is 23.8 Å². The molecule has 1 aliphatic heterocycles. The van der Waals surface area contributed by atoms with E-state index < -0.39 is 28.7 Å². The fraction of sp³-hybridized carbons (Fsp3) is 0.667. The number of amides is 5. The maximum absolute atomic E-state index is 12.2. The SMILES string of the molecule is CNC(=O)C(C)(C)CN1C(=O)NC(=O)C(C)(C)C1=O. The lowest BCUT2D eigenvalue weighted by atomic mass is 9.86. The lowest BCUT2D eigenvalue weighted by molar-refractivity contribution is -0.150. The molecule has 1 saturated heterocycles. The van der Waals surface area contributed by atoms with Crippen molar-refractivity contribution in [3.63, 3.8) is 0 Å². The Morgan fingerprint density at radius 3 is 2.32 bits per heavy atom. The van der Waals surface area contributed by atoms with Gasteiger partial charge in [0.25, 0.3) is 0 Å². The Morgan fingerprint density at radius 1 is 1.32 bits per heavy atom. The molecule has 106 valence electrons. The standard InChI is InChI=1S/C12H19N3O4/c1-11(2,7(16)13-5)6-15-9(18)12(3,4)8(17)14-10(15)19/h6H2,1-5H3,(H,13,16)(H,14,17,19). The van der Waals surface area contributed by atoms with Crippen molar-refractivity contribution in [3.8, 4) is 0 Å². The molecule has 0 saturated carbocycles. The summed E-state index contributed by atoms with van der Waals surface area (Å²) >= 11 is 0. The van der Waals surface area contributed by atoms with Crippen LogP contribution in [-0.4, -0.2) is 42.2 Å². The van der Waals surface area contributed by atoms with Crippen molar-refractivity contribution in [1.82, 2.24) is 15.5 Å². The first-order valence-electron chi connectivity index (χ1n) is 5.93. The lowest BCUT2D eigenvalue weighted by Crippen LogP contribution is -2.64. The molecule has 1 heterocycles. The zero-order chi connectivity index (χ0) is 15.0. The summed E-state index contributed by atoms with van der Waals surface area (Å²) in [6, 6.07) is -0.786. The number of carbonyl (C=O) groups excluding carboxylic acids is 4. The van der Waals surface area contributed by atoms with Crippen molar-refractivity contribution in [2.75, 3.05) is 13.6 Å². The van der Waals surface area contributed by atoms with Gasteiger partial charge < -0.3 is 5.32 Å². The van der Waals surface area contributed by atoms with Gasteiger partial charge in [0.1, 0.15) is 5.41 Å². The molecule has 1 fully saturated rings. The van der Waals surface area contributed by atoms with Crippen LogP contribution in [0.4, 0.5) is 4.79 Å². The van der Waals surface area contributed by atoms with Gasteiger partial charge in [-0.25, -0.2) is 4.79 Å². The minimum atomic E-state index is -1.31. The minimum Gasteiger partial charge on any atom is -0.359 e. The molecule has 0 bridgehead atoms. The Balaban J connectivity index is 3.01. The van der Waals surface area contributed by atoms with Crippen LogP contribution in [0.15, 0.2) is 0 Å². The van der Waals surface area contributed by atoms with Crippen molar-refractivity contribution in [2.24, 2.45) is 10.8 Å². The largest absolute Gasteiger partial charge is 0.359 e. The van der Waals surface area contributed by atoms with E-state index in [9.17, 15) is 19.2 Å². The highest BCUT2D eigenvalue weighted by Crippen LogP contribution is 2.26. The Hall–Kier alpha value is -1.92. The lowest BCUT2D eigenvalue weighted by Gasteiger charge is -2.37. The zero-order valence-electron chi connectivity index (χ0n) is 11.8. The summed E-state index contributed by atoms with van der Waals surface area (Å²) in [4.78, 5) is 48.1. The number of barbiturate groups is 1. The average Bonchev–Trinajstić information content (AvgIpc) is 2.31. The predicted molar refractivity (Wildman–Crippen MR) is 66.9 cm³/mol. The normalized spacial score (nSPS) is 19.2. The number of imide groups is 2. The number of hydrogen-bond acceptors (Lipinski definition) is 4. The second-order valence-corrected chi connectivity index (χ2v) is 5.74. The number of rotatable bonds is 3. The first-order chi connectivity index (χ1) is 8.54. The van der Waals surface area contributed by atoms with E-state index in [4.69, 9.17) is 0 Å². The first-order valence-corrected chi connectivity index (χ1v) is 5.93. The number of nitrogens with zero attached hydrogens (tertiary/aromatic N) is 1. The van der Waals surface area contributed by atoms with E-state index in [0.717, 1.165) is 4.90 Å². The third-order valence-electron chi connectivity index (χ3n) is 3.21. The monoisotopic (exact) mass is 269 g/mol. The minimum absolute atomic E-state index is 0.0892. The molecule has 0 aromatic rings. The fourth-order valence-corrected chi connectivity index (χ4v) is 1.80. The van der Waals surface area contributed by atoms with E-state index in [2.05, 4.69) is 10.6 Å². The number of nitrogens with one attached hydrogen (secondary N) is 2. The van der Waals surface area contributed by atoms with Crippen LogP contribution in [0.1, 0.15) is 27.7 Å². The second kappa shape index (κ2) is 4.64. The van der Waals surface area contributed by atoms with Crippen molar-refractivity contribution < 1.29 is 19.2 Å². The molecule has 0 radical (unpaired) electrons. The maximum atomic E-state index is 12.2. The molecular weight excluding hydrogens is 250 g/mol. The van der Waals surface area contributed by atoms with Crippen LogP contribution < -0.4 is 10.6 Å². The summed E-state index contributed by atoms with van der Waals surface area (Å²) in [5.41, 5.74) is -2.25. The van der Waals surface area contributed by atoms with Crippen molar-refractivity contribution in [3.05, 3.63) is 0 Å². The van der Waals surface area contributed by atoms with Crippen LogP contribution in [0, 0.1) is 10.8 Å². The van der Waals surface area contributed by atoms with Gasteiger partial charge in [-0.2, -0.15) is 0 Å². The maximum Gasteiger partial charge on any atom is 0.330 e. The number of hydrogen-bond donors (Lipinski definition) is 2. The van der Waals surface area contributed by atoms with E-state index in [1.807, 2.05) is 0 Å². The molecule has 0 aliphatic carbocycles. The van der Waals surface area contributed by atoms with Crippen LogP contribution in [0.5, 0.6) is 0 Å². The third kappa shape index (κ3) is 2.59. The topological polar surface area (TPSA) is 95.6 Å². The third-order valence-corrected chi connectivity index (χ3v) is 3.21. The summed E-state index contributed by atoms with van der Waals surface area (Å²) in [5, 5.41) is 4.60. The molecule has 1 aliphatic rings. The summed E-state index contributed by atoms with van der Waals surface area (Å²) in [6.07, 6.45) is 0. The van der Waals surface area contributed by atoms with E-state index >= 15 is 0 Å². The molecule has 2 N–H and O–H groups in total. The summed E-state index contributed by atoms with van der Waals surface area (Å²) < 4.78 is 0. The van der Waals surface area contributed by atoms with Gasteiger partial charge in [0, 0.05) is 13.6 Å². The molecule has 1 rings (SSSR count).